The van der Waals surface area contributed by atoms with Crippen LogP contribution in [0.4, 0.5) is 0 Å². The molecule has 0 spiro atoms. The maximum Gasteiger partial charge on any atom is 0.0799 e. The minimum absolute atomic E-state index is 0.571. The Morgan fingerprint density at radius 3 is 2.83 bits per heavy atom. The Kier molecular flexibility index (Phi) is 4.40. The zero-order valence-corrected chi connectivity index (χ0v) is 11.5. The summed E-state index contributed by atoms with van der Waals surface area (Å²) in [5.41, 5.74) is 0.265. The number of hydrogen-bond acceptors (Lipinski definition) is 3. The van der Waals surface area contributed by atoms with Crippen LogP contribution in [0, 0.1) is 0 Å². The lowest BCUT2D eigenvalue weighted by Crippen LogP contribution is -2.38. The summed E-state index contributed by atoms with van der Waals surface area (Å²) >= 11 is 0. The lowest BCUT2D eigenvalue weighted by Gasteiger charge is -2.23. The predicted molar refractivity (Wildman–Crippen MR) is 72.6 cm³/mol. The van der Waals surface area contributed by atoms with Crippen molar-refractivity contribution in [3.05, 3.63) is 18.0 Å². The molecule has 1 unspecified atom stereocenters. The van der Waals surface area contributed by atoms with Crippen LogP contribution in [0.1, 0.15) is 50.8 Å². The van der Waals surface area contributed by atoms with E-state index in [9.17, 15) is 5.11 Å². The smallest absolute Gasteiger partial charge is 0.0799 e. The van der Waals surface area contributed by atoms with Gasteiger partial charge in [0.15, 0.2) is 0 Å². The molecule has 1 aromatic rings. The molecule has 18 heavy (non-hydrogen) atoms. The Labute approximate surface area is 109 Å². The topological polar surface area (TPSA) is 50.1 Å². The predicted octanol–water partition coefficient (Wildman–Crippen LogP) is 1.90. The summed E-state index contributed by atoms with van der Waals surface area (Å²) in [5, 5.41) is 17.8. The molecule has 0 amide bonds. The van der Waals surface area contributed by atoms with Crippen molar-refractivity contribution >= 4 is 0 Å². The second-order valence-corrected chi connectivity index (χ2v) is 5.78. The Morgan fingerprint density at radius 1 is 1.44 bits per heavy atom. The van der Waals surface area contributed by atoms with Gasteiger partial charge in [-0.1, -0.05) is 19.3 Å². The van der Waals surface area contributed by atoms with Gasteiger partial charge < -0.3 is 10.4 Å². The summed E-state index contributed by atoms with van der Waals surface area (Å²) in [6, 6.07) is 2.61. The molecule has 0 aliphatic heterocycles. The second-order valence-electron chi connectivity index (χ2n) is 5.78. The summed E-state index contributed by atoms with van der Waals surface area (Å²) in [5.74, 6) is 0. The Hall–Kier alpha value is -0.870. The van der Waals surface area contributed by atoms with Crippen molar-refractivity contribution in [1.29, 1.82) is 0 Å². The molecular formula is C14H25N3O. The zero-order chi connectivity index (χ0) is 13.0. The largest absolute Gasteiger partial charge is 0.388 e. The van der Waals surface area contributed by atoms with Gasteiger partial charge in [0.05, 0.1) is 17.3 Å². The molecule has 4 nitrogen and oxygen atoms in total. The van der Waals surface area contributed by atoms with E-state index in [4.69, 9.17) is 0 Å². The third-order valence-corrected chi connectivity index (χ3v) is 3.73. The van der Waals surface area contributed by atoms with Crippen LogP contribution in [0.15, 0.2) is 12.3 Å². The van der Waals surface area contributed by atoms with Gasteiger partial charge in [0, 0.05) is 19.2 Å². The molecule has 1 fully saturated rings. The minimum Gasteiger partial charge on any atom is -0.388 e. The van der Waals surface area contributed by atoms with Crippen molar-refractivity contribution < 1.29 is 5.11 Å². The molecule has 0 saturated heterocycles. The van der Waals surface area contributed by atoms with Crippen molar-refractivity contribution in [2.24, 2.45) is 0 Å². The Morgan fingerprint density at radius 2 is 2.17 bits per heavy atom. The van der Waals surface area contributed by atoms with E-state index in [0.717, 1.165) is 5.69 Å². The Balaban J connectivity index is 1.97. The van der Waals surface area contributed by atoms with E-state index in [1.165, 1.54) is 32.1 Å². The van der Waals surface area contributed by atoms with Crippen LogP contribution in [0.2, 0.25) is 0 Å². The summed E-state index contributed by atoms with van der Waals surface area (Å²) < 4.78 is 2.10. The number of rotatable bonds is 5. The van der Waals surface area contributed by atoms with E-state index >= 15 is 0 Å². The van der Waals surface area contributed by atoms with E-state index < -0.39 is 5.60 Å². The van der Waals surface area contributed by atoms with Crippen LogP contribution in [-0.4, -0.2) is 34.1 Å². The molecule has 2 N–H and O–H groups in total. The van der Waals surface area contributed by atoms with Crippen molar-refractivity contribution in [3.63, 3.8) is 0 Å². The highest BCUT2D eigenvalue weighted by Crippen LogP contribution is 2.27. The highest BCUT2D eigenvalue weighted by Gasteiger charge is 2.22. The summed E-state index contributed by atoms with van der Waals surface area (Å²) in [6.45, 7) is 2.44. The van der Waals surface area contributed by atoms with Gasteiger partial charge in [-0.05, 0) is 32.9 Å². The summed E-state index contributed by atoms with van der Waals surface area (Å²) in [4.78, 5) is 0. The molecule has 0 radical (unpaired) electrons. The van der Waals surface area contributed by atoms with Crippen LogP contribution in [0.5, 0.6) is 0 Å². The first kappa shape index (κ1) is 13.6. The van der Waals surface area contributed by atoms with E-state index in [2.05, 4.69) is 21.3 Å². The first-order chi connectivity index (χ1) is 8.61. The molecule has 1 aliphatic rings. The van der Waals surface area contributed by atoms with Gasteiger partial charge in [-0.3, -0.25) is 4.68 Å². The van der Waals surface area contributed by atoms with Crippen LogP contribution >= 0.6 is 0 Å². The van der Waals surface area contributed by atoms with E-state index in [1.54, 1.807) is 0 Å². The molecule has 1 aliphatic carbocycles. The van der Waals surface area contributed by atoms with E-state index in [0.29, 0.717) is 19.0 Å². The summed E-state index contributed by atoms with van der Waals surface area (Å²) in [7, 11) is 1.86. The molecule has 1 atom stereocenters. The monoisotopic (exact) mass is 251 g/mol. The number of nitrogens with one attached hydrogen (secondary N) is 1. The number of aromatic nitrogens is 2. The van der Waals surface area contributed by atoms with Crippen LogP contribution in [0.25, 0.3) is 0 Å². The molecule has 4 heteroatoms. The molecule has 0 bridgehead atoms. The standard InChI is InChI=1S/C14H25N3O/c1-14(18,11-15-2)10-12-8-9-17(16-12)13-6-4-3-5-7-13/h8-9,13,15,18H,3-7,10-11H2,1-2H3. The lowest BCUT2D eigenvalue weighted by atomic mass is 9.96. The first-order valence-corrected chi connectivity index (χ1v) is 7.02. The Bertz CT molecular complexity index is 367. The van der Waals surface area contributed by atoms with Gasteiger partial charge in [-0.15, -0.1) is 0 Å². The summed E-state index contributed by atoms with van der Waals surface area (Å²) in [6.07, 6.45) is 9.16. The number of nitrogens with zero attached hydrogens (tertiary/aromatic N) is 2. The number of aliphatic hydroxyl groups is 1. The van der Waals surface area contributed by atoms with Gasteiger partial charge in [0.1, 0.15) is 0 Å². The first-order valence-electron chi connectivity index (χ1n) is 7.02. The fraction of sp³-hybridized carbons (Fsp3) is 0.786. The number of hydrogen-bond donors (Lipinski definition) is 2. The fourth-order valence-electron chi connectivity index (χ4n) is 2.85. The van der Waals surface area contributed by atoms with Gasteiger partial charge in [-0.2, -0.15) is 5.10 Å². The molecule has 2 rings (SSSR count). The van der Waals surface area contributed by atoms with E-state index in [-0.39, 0.29) is 0 Å². The van der Waals surface area contributed by atoms with Gasteiger partial charge in [-0.25, -0.2) is 0 Å². The molecule has 1 saturated carbocycles. The maximum absolute atomic E-state index is 10.2. The van der Waals surface area contributed by atoms with Crippen LogP contribution < -0.4 is 5.32 Å². The molecule has 1 aromatic heterocycles. The molecule has 1 heterocycles. The van der Waals surface area contributed by atoms with Crippen molar-refractivity contribution in [2.75, 3.05) is 13.6 Å². The number of likely N-dealkylation sites (N-methyl/N-ethyl adjacent to an activating group) is 1. The van der Waals surface area contributed by atoms with Gasteiger partial charge in [0.2, 0.25) is 0 Å². The van der Waals surface area contributed by atoms with Crippen LogP contribution in [0.3, 0.4) is 0 Å². The zero-order valence-electron chi connectivity index (χ0n) is 11.5. The third kappa shape index (κ3) is 3.56. The highest BCUT2D eigenvalue weighted by molar-refractivity contribution is 5.04. The molecular weight excluding hydrogens is 226 g/mol. The quantitative estimate of drug-likeness (QED) is 0.840. The van der Waals surface area contributed by atoms with Gasteiger partial charge in [0.25, 0.3) is 0 Å². The molecule has 102 valence electrons. The van der Waals surface area contributed by atoms with Crippen LogP contribution in [-0.2, 0) is 6.42 Å². The maximum atomic E-state index is 10.2. The van der Waals surface area contributed by atoms with Crippen molar-refractivity contribution in [1.82, 2.24) is 15.1 Å². The third-order valence-electron chi connectivity index (χ3n) is 3.73. The average Bonchev–Trinajstić information content (AvgIpc) is 2.77. The van der Waals surface area contributed by atoms with Crippen molar-refractivity contribution in [2.45, 2.75) is 57.1 Å². The molecule has 0 aromatic carbocycles. The normalized spacial score (nSPS) is 20.8. The lowest BCUT2D eigenvalue weighted by molar-refractivity contribution is 0.0610. The van der Waals surface area contributed by atoms with E-state index in [1.807, 2.05) is 20.0 Å². The SMILES string of the molecule is CNCC(C)(O)Cc1ccn(C2CCCCC2)n1. The highest BCUT2D eigenvalue weighted by atomic mass is 16.3. The fourth-order valence-corrected chi connectivity index (χ4v) is 2.85. The van der Waals surface area contributed by atoms with Crippen molar-refractivity contribution in [3.8, 4) is 0 Å². The second kappa shape index (κ2) is 5.85. The average molecular weight is 251 g/mol. The minimum atomic E-state index is -0.722. The van der Waals surface area contributed by atoms with Gasteiger partial charge >= 0.3 is 0 Å².